The summed E-state index contributed by atoms with van der Waals surface area (Å²) in [5.41, 5.74) is 2.64. The fourth-order valence-electron chi connectivity index (χ4n) is 1.88. The highest BCUT2D eigenvalue weighted by Gasteiger charge is 2.25. The third kappa shape index (κ3) is 4.32. The average molecular weight is 303 g/mol. The first kappa shape index (κ1) is 15.5. The number of thioether (sulfide) groups is 2. The Morgan fingerprint density at radius 2 is 1.10 bits per heavy atom. The van der Waals surface area contributed by atoms with E-state index in [-0.39, 0.29) is 4.08 Å². The molecule has 0 aliphatic heterocycles. The average Bonchev–Trinajstić information content (AvgIpc) is 2.44. The van der Waals surface area contributed by atoms with Crippen LogP contribution in [0.25, 0.3) is 0 Å². The lowest BCUT2D eigenvalue weighted by atomic mass is 10.2. The molecule has 0 heterocycles. The van der Waals surface area contributed by atoms with Gasteiger partial charge in [0, 0.05) is 9.79 Å². The van der Waals surface area contributed by atoms with Crippen molar-refractivity contribution in [2.75, 3.05) is 0 Å². The van der Waals surface area contributed by atoms with Gasteiger partial charge in [0.1, 0.15) is 0 Å². The Balaban J connectivity index is 2.12. The molecule has 2 heteroatoms. The minimum atomic E-state index is 0.171. The predicted molar refractivity (Wildman–Crippen MR) is 92.8 cm³/mol. The van der Waals surface area contributed by atoms with Gasteiger partial charge >= 0.3 is 0 Å². The summed E-state index contributed by atoms with van der Waals surface area (Å²) in [6.45, 7) is 8.87. The van der Waals surface area contributed by atoms with Crippen molar-refractivity contribution < 1.29 is 0 Å². The molecule has 0 fully saturated rings. The van der Waals surface area contributed by atoms with Crippen molar-refractivity contribution >= 4 is 23.5 Å². The minimum Gasteiger partial charge on any atom is -0.108 e. The van der Waals surface area contributed by atoms with Crippen LogP contribution in [-0.2, 0) is 0 Å². The van der Waals surface area contributed by atoms with Gasteiger partial charge in [-0.05, 0) is 51.5 Å². The van der Waals surface area contributed by atoms with E-state index in [4.69, 9.17) is 0 Å². The van der Waals surface area contributed by atoms with Crippen LogP contribution in [0, 0.1) is 13.8 Å². The van der Waals surface area contributed by atoms with Crippen LogP contribution >= 0.6 is 23.5 Å². The number of aryl methyl sites for hydroxylation is 2. The zero-order valence-electron chi connectivity index (χ0n) is 12.6. The first-order valence-corrected chi connectivity index (χ1v) is 8.65. The number of hydrogen-bond acceptors (Lipinski definition) is 2. The second-order valence-electron chi connectivity index (χ2n) is 5.32. The Morgan fingerprint density at radius 1 is 0.750 bits per heavy atom. The van der Waals surface area contributed by atoms with Crippen LogP contribution in [0.15, 0.2) is 58.3 Å². The molecule has 0 radical (unpaired) electrons. The third-order valence-electron chi connectivity index (χ3n) is 3.35. The maximum Gasteiger partial charge on any atom is 0.0674 e. The lowest BCUT2D eigenvalue weighted by Crippen LogP contribution is -2.12. The quantitative estimate of drug-likeness (QED) is 0.468. The van der Waals surface area contributed by atoms with E-state index in [1.54, 1.807) is 0 Å². The van der Waals surface area contributed by atoms with Gasteiger partial charge in [-0.1, -0.05) is 42.3 Å². The molecule has 0 N–H and O–H groups in total. The largest absolute Gasteiger partial charge is 0.108 e. The van der Waals surface area contributed by atoms with E-state index in [0.717, 1.165) is 6.42 Å². The first-order valence-electron chi connectivity index (χ1n) is 7.02. The van der Waals surface area contributed by atoms with Gasteiger partial charge in [-0.25, -0.2) is 0 Å². The van der Waals surface area contributed by atoms with E-state index < -0.39 is 0 Å². The highest BCUT2D eigenvalue weighted by atomic mass is 32.2. The summed E-state index contributed by atoms with van der Waals surface area (Å²) in [6, 6.07) is 17.7. The smallest absolute Gasteiger partial charge is 0.0674 e. The number of benzene rings is 2. The Hall–Kier alpha value is -0.860. The normalized spacial score (nSPS) is 11.6. The van der Waals surface area contributed by atoms with Gasteiger partial charge < -0.3 is 0 Å². The highest BCUT2D eigenvalue weighted by Crippen LogP contribution is 2.47. The Bertz CT molecular complexity index is 493. The van der Waals surface area contributed by atoms with Crippen LogP contribution < -0.4 is 0 Å². The molecule has 2 rings (SSSR count). The monoisotopic (exact) mass is 302 g/mol. The van der Waals surface area contributed by atoms with Gasteiger partial charge in [0.15, 0.2) is 0 Å². The standard InChI is InChI=1S/C18H22S2/c1-5-18(4,19-16-10-6-14(2)7-11-16)20-17-12-8-15(3)9-13-17/h6-13H,5H2,1-4H3. The van der Waals surface area contributed by atoms with E-state index in [1.165, 1.54) is 20.9 Å². The second kappa shape index (κ2) is 6.73. The van der Waals surface area contributed by atoms with E-state index in [9.17, 15) is 0 Å². The lowest BCUT2D eigenvalue weighted by molar-refractivity contribution is 0.845. The maximum absolute atomic E-state index is 2.34. The van der Waals surface area contributed by atoms with Crippen LogP contribution in [0.4, 0.5) is 0 Å². The Labute approximate surface area is 131 Å². The van der Waals surface area contributed by atoms with Crippen LogP contribution in [-0.4, -0.2) is 4.08 Å². The first-order chi connectivity index (χ1) is 9.50. The Kier molecular flexibility index (Phi) is 5.22. The van der Waals surface area contributed by atoms with Crippen molar-refractivity contribution in [2.45, 2.75) is 48.0 Å². The number of rotatable bonds is 5. The lowest BCUT2D eigenvalue weighted by Gasteiger charge is -2.27. The van der Waals surface area contributed by atoms with Crippen molar-refractivity contribution in [2.24, 2.45) is 0 Å². The van der Waals surface area contributed by atoms with Crippen LogP contribution in [0.3, 0.4) is 0 Å². The fourth-order valence-corrected chi connectivity index (χ4v) is 4.45. The molecule has 0 saturated carbocycles. The highest BCUT2D eigenvalue weighted by molar-refractivity contribution is 8.18. The molecule has 0 aromatic heterocycles. The summed E-state index contributed by atoms with van der Waals surface area (Å²) < 4.78 is 0.171. The van der Waals surface area contributed by atoms with E-state index in [1.807, 2.05) is 23.5 Å². The van der Waals surface area contributed by atoms with Gasteiger partial charge in [-0.3, -0.25) is 0 Å². The molecule has 0 spiro atoms. The van der Waals surface area contributed by atoms with E-state index >= 15 is 0 Å². The topological polar surface area (TPSA) is 0 Å². The fraction of sp³-hybridized carbons (Fsp3) is 0.333. The zero-order valence-corrected chi connectivity index (χ0v) is 14.3. The molecule has 0 nitrogen and oxygen atoms in total. The minimum absolute atomic E-state index is 0.171. The summed E-state index contributed by atoms with van der Waals surface area (Å²) in [4.78, 5) is 2.69. The molecule has 2 aromatic rings. The molecular weight excluding hydrogens is 280 g/mol. The molecule has 106 valence electrons. The molecule has 0 bridgehead atoms. The zero-order chi connectivity index (χ0) is 14.6. The molecule has 0 aliphatic rings. The van der Waals surface area contributed by atoms with Crippen molar-refractivity contribution in [3.05, 3.63) is 59.7 Å². The molecule has 0 saturated heterocycles. The van der Waals surface area contributed by atoms with E-state index in [2.05, 4.69) is 76.2 Å². The van der Waals surface area contributed by atoms with Gasteiger partial charge in [0.2, 0.25) is 0 Å². The SMILES string of the molecule is CCC(C)(Sc1ccc(C)cc1)Sc1ccc(C)cc1. The summed E-state index contributed by atoms with van der Waals surface area (Å²) >= 11 is 3.92. The molecule has 20 heavy (non-hydrogen) atoms. The summed E-state index contributed by atoms with van der Waals surface area (Å²) in [7, 11) is 0. The van der Waals surface area contributed by atoms with Crippen LogP contribution in [0.5, 0.6) is 0 Å². The van der Waals surface area contributed by atoms with Gasteiger partial charge in [-0.15, -0.1) is 23.5 Å². The maximum atomic E-state index is 2.34. The molecule has 0 amide bonds. The van der Waals surface area contributed by atoms with E-state index in [0.29, 0.717) is 0 Å². The van der Waals surface area contributed by atoms with Crippen LogP contribution in [0.2, 0.25) is 0 Å². The van der Waals surface area contributed by atoms with Crippen molar-refractivity contribution in [3.63, 3.8) is 0 Å². The predicted octanol–water partition coefficient (Wildman–Crippen LogP) is 6.31. The molecular formula is C18H22S2. The van der Waals surface area contributed by atoms with Crippen molar-refractivity contribution in [1.82, 2.24) is 0 Å². The number of hydrogen-bond donors (Lipinski definition) is 0. The molecule has 0 atom stereocenters. The van der Waals surface area contributed by atoms with Gasteiger partial charge in [-0.2, -0.15) is 0 Å². The van der Waals surface area contributed by atoms with Crippen molar-refractivity contribution in [1.29, 1.82) is 0 Å². The molecule has 0 aliphatic carbocycles. The Morgan fingerprint density at radius 3 is 1.40 bits per heavy atom. The second-order valence-corrected chi connectivity index (χ2v) is 8.73. The molecule has 2 aromatic carbocycles. The summed E-state index contributed by atoms with van der Waals surface area (Å²) in [5.74, 6) is 0. The van der Waals surface area contributed by atoms with Crippen molar-refractivity contribution in [3.8, 4) is 0 Å². The van der Waals surface area contributed by atoms with Gasteiger partial charge in [0.25, 0.3) is 0 Å². The van der Waals surface area contributed by atoms with Crippen LogP contribution in [0.1, 0.15) is 31.4 Å². The third-order valence-corrected chi connectivity index (χ3v) is 6.31. The van der Waals surface area contributed by atoms with Gasteiger partial charge in [0.05, 0.1) is 4.08 Å². The molecule has 0 unspecified atom stereocenters. The summed E-state index contributed by atoms with van der Waals surface area (Å²) in [5, 5.41) is 0. The summed E-state index contributed by atoms with van der Waals surface area (Å²) in [6.07, 6.45) is 1.13.